The average molecular weight is 363 g/mol. The Bertz CT molecular complexity index is 531. The minimum atomic E-state index is -0.412. The van der Waals surface area contributed by atoms with Crippen LogP contribution < -0.4 is 4.74 Å². The summed E-state index contributed by atoms with van der Waals surface area (Å²) in [4.78, 5) is 0. The maximum absolute atomic E-state index is 12.9. The van der Waals surface area contributed by atoms with Crippen molar-refractivity contribution in [2.45, 2.75) is 6.61 Å². The molecule has 0 heterocycles. The number of benzene rings is 2. The summed E-state index contributed by atoms with van der Waals surface area (Å²) in [5.74, 6) is 0.377. The van der Waals surface area contributed by atoms with Crippen molar-refractivity contribution < 1.29 is 9.13 Å². The summed E-state index contributed by atoms with van der Waals surface area (Å²) in [6.07, 6.45) is 0. The van der Waals surface area contributed by atoms with Gasteiger partial charge in [0.05, 0.1) is 5.02 Å². The Hall–Kier alpha value is -0.810. The Morgan fingerprint density at radius 1 is 1.18 bits per heavy atom. The van der Waals surface area contributed by atoms with Crippen molar-refractivity contribution in [2.75, 3.05) is 0 Å². The van der Waals surface area contributed by atoms with E-state index in [4.69, 9.17) is 16.3 Å². The molecule has 0 aliphatic carbocycles. The van der Waals surface area contributed by atoms with Crippen molar-refractivity contribution >= 4 is 34.2 Å². The molecule has 0 saturated heterocycles. The molecule has 0 atom stereocenters. The van der Waals surface area contributed by atoms with Crippen LogP contribution in [0.4, 0.5) is 4.39 Å². The van der Waals surface area contributed by atoms with Crippen LogP contribution in [0.1, 0.15) is 5.56 Å². The maximum atomic E-state index is 12.9. The van der Waals surface area contributed by atoms with Gasteiger partial charge in [-0.1, -0.05) is 23.7 Å². The number of rotatable bonds is 3. The molecule has 2 rings (SSSR count). The zero-order valence-electron chi connectivity index (χ0n) is 8.79. The van der Waals surface area contributed by atoms with Crippen LogP contribution in [0.2, 0.25) is 5.02 Å². The Morgan fingerprint density at radius 2 is 2.00 bits per heavy atom. The minimum Gasteiger partial charge on any atom is -0.489 e. The summed E-state index contributed by atoms with van der Waals surface area (Å²) in [6.45, 7) is 0.375. The van der Waals surface area contributed by atoms with E-state index >= 15 is 0 Å². The van der Waals surface area contributed by atoms with Gasteiger partial charge in [0.25, 0.3) is 0 Å². The van der Waals surface area contributed by atoms with Gasteiger partial charge in [-0.15, -0.1) is 0 Å². The van der Waals surface area contributed by atoms with Crippen molar-refractivity contribution in [3.05, 3.63) is 62.4 Å². The van der Waals surface area contributed by atoms with Gasteiger partial charge in [-0.25, -0.2) is 4.39 Å². The second kappa shape index (κ2) is 5.69. The van der Waals surface area contributed by atoms with Crippen LogP contribution in [0.15, 0.2) is 42.5 Å². The van der Waals surface area contributed by atoms with Gasteiger partial charge in [0.15, 0.2) is 0 Å². The molecule has 0 aliphatic rings. The van der Waals surface area contributed by atoms with Crippen molar-refractivity contribution in [3.8, 4) is 5.75 Å². The molecule has 4 heteroatoms. The molecule has 0 saturated carbocycles. The molecular formula is C13H9ClFIO. The second-order valence-electron chi connectivity index (χ2n) is 3.49. The van der Waals surface area contributed by atoms with Crippen LogP contribution in [-0.2, 0) is 6.61 Å². The van der Waals surface area contributed by atoms with Crippen molar-refractivity contribution in [1.82, 2.24) is 0 Å². The van der Waals surface area contributed by atoms with Crippen molar-refractivity contribution in [3.63, 3.8) is 0 Å². The first kappa shape index (κ1) is 12.6. The van der Waals surface area contributed by atoms with Crippen LogP contribution in [0.3, 0.4) is 0 Å². The normalized spacial score (nSPS) is 10.3. The smallest absolute Gasteiger partial charge is 0.141 e. The van der Waals surface area contributed by atoms with Crippen LogP contribution in [0.5, 0.6) is 5.75 Å². The van der Waals surface area contributed by atoms with E-state index in [1.165, 1.54) is 6.07 Å². The average Bonchev–Trinajstić information content (AvgIpc) is 2.31. The first-order chi connectivity index (χ1) is 8.15. The van der Waals surface area contributed by atoms with Gasteiger partial charge in [-0.3, -0.25) is 0 Å². The molecule has 0 aromatic heterocycles. The lowest BCUT2D eigenvalue weighted by atomic mass is 10.2. The molecule has 0 radical (unpaired) electrons. The van der Waals surface area contributed by atoms with Gasteiger partial charge in [0.1, 0.15) is 18.2 Å². The zero-order chi connectivity index (χ0) is 12.3. The summed E-state index contributed by atoms with van der Waals surface area (Å²) in [5, 5.41) is 0.119. The SMILES string of the molecule is Fc1ccc(COc2cccc(I)c2)cc1Cl. The third kappa shape index (κ3) is 3.57. The first-order valence-electron chi connectivity index (χ1n) is 4.97. The molecule has 2 aromatic rings. The van der Waals surface area contributed by atoms with Gasteiger partial charge < -0.3 is 4.74 Å². The Morgan fingerprint density at radius 3 is 2.71 bits per heavy atom. The maximum Gasteiger partial charge on any atom is 0.141 e. The number of halogens is 3. The van der Waals surface area contributed by atoms with Gasteiger partial charge in [-0.2, -0.15) is 0 Å². The highest BCUT2D eigenvalue weighted by Gasteiger charge is 2.02. The third-order valence-corrected chi connectivity index (χ3v) is 3.15. The Labute approximate surface area is 118 Å². The van der Waals surface area contributed by atoms with Gasteiger partial charge in [0, 0.05) is 3.57 Å². The van der Waals surface area contributed by atoms with E-state index in [1.54, 1.807) is 12.1 Å². The van der Waals surface area contributed by atoms with E-state index in [1.807, 2.05) is 24.3 Å². The fourth-order valence-corrected chi connectivity index (χ4v) is 2.07. The van der Waals surface area contributed by atoms with Crippen LogP contribution in [-0.4, -0.2) is 0 Å². The number of ether oxygens (including phenoxy) is 1. The monoisotopic (exact) mass is 362 g/mol. The topological polar surface area (TPSA) is 9.23 Å². The molecule has 1 nitrogen and oxygen atoms in total. The van der Waals surface area contributed by atoms with Crippen molar-refractivity contribution in [1.29, 1.82) is 0 Å². The first-order valence-corrected chi connectivity index (χ1v) is 6.43. The van der Waals surface area contributed by atoms with E-state index in [9.17, 15) is 4.39 Å². The molecule has 0 spiro atoms. The van der Waals surface area contributed by atoms with E-state index in [2.05, 4.69) is 22.6 Å². The zero-order valence-corrected chi connectivity index (χ0v) is 11.7. The minimum absolute atomic E-state index is 0.119. The molecule has 17 heavy (non-hydrogen) atoms. The van der Waals surface area contributed by atoms with Gasteiger partial charge >= 0.3 is 0 Å². The van der Waals surface area contributed by atoms with Gasteiger partial charge in [-0.05, 0) is 58.5 Å². The highest BCUT2D eigenvalue weighted by Crippen LogP contribution is 2.19. The highest BCUT2D eigenvalue weighted by atomic mass is 127. The number of hydrogen-bond donors (Lipinski definition) is 0. The van der Waals surface area contributed by atoms with Crippen LogP contribution in [0.25, 0.3) is 0 Å². The van der Waals surface area contributed by atoms with Crippen LogP contribution >= 0.6 is 34.2 Å². The predicted molar refractivity (Wildman–Crippen MR) is 74.9 cm³/mol. The Kier molecular flexibility index (Phi) is 4.23. The van der Waals surface area contributed by atoms with E-state index < -0.39 is 5.82 Å². The molecule has 88 valence electrons. The molecule has 0 unspecified atom stereocenters. The lowest BCUT2D eigenvalue weighted by molar-refractivity contribution is 0.306. The van der Waals surface area contributed by atoms with Gasteiger partial charge in [0.2, 0.25) is 0 Å². The van der Waals surface area contributed by atoms with E-state index in [-0.39, 0.29) is 5.02 Å². The summed E-state index contributed by atoms with van der Waals surface area (Å²) in [5.41, 5.74) is 0.843. The highest BCUT2D eigenvalue weighted by molar-refractivity contribution is 14.1. The Balaban J connectivity index is 2.05. The van der Waals surface area contributed by atoms with Crippen molar-refractivity contribution in [2.24, 2.45) is 0 Å². The largest absolute Gasteiger partial charge is 0.489 e. The molecule has 2 aromatic carbocycles. The summed E-state index contributed by atoms with van der Waals surface area (Å²) in [7, 11) is 0. The molecule has 0 N–H and O–H groups in total. The second-order valence-corrected chi connectivity index (χ2v) is 5.15. The molecule has 0 bridgehead atoms. The summed E-state index contributed by atoms with van der Waals surface area (Å²) >= 11 is 7.91. The van der Waals surface area contributed by atoms with Crippen LogP contribution in [0, 0.1) is 9.39 Å². The molecule has 0 amide bonds. The standard InChI is InChI=1S/C13H9ClFIO/c14-12-6-9(4-5-13(12)15)8-17-11-3-1-2-10(16)7-11/h1-7H,8H2. The lowest BCUT2D eigenvalue weighted by Gasteiger charge is -2.07. The quantitative estimate of drug-likeness (QED) is 0.722. The van der Waals surface area contributed by atoms with E-state index in [0.29, 0.717) is 6.61 Å². The summed E-state index contributed by atoms with van der Waals surface area (Å²) in [6, 6.07) is 12.3. The molecular weight excluding hydrogens is 353 g/mol. The molecule has 0 aliphatic heterocycles. The number of hydrogen-bond acceptors (Lipinski definition) is 1. The predicted octanol–water partition coefficient (Wildman–Crippen LogP) is 4.66. The third-order valence-electron chi connectivity index (χ3n) is 2.19. The fraction of sp³-hybridized carbons (Fsp3) is 0.0769. The van der Waals surface area contributed by atoms with E-state index in [0.717, 1.165) is 14.9 Å². The molecule has 0 fully saturated rings. The lowest BCUT2D eigenvalue weighted by Crippen LogP contribution is -1.96. The summed E-state index contributed by atoms with van der Waals surface area (Å²) < 4.78 is 19.6. The fourth-order valence-electron chi connectivity index (χ4n) is 1.35.